The van der Waals surface area contributed by atoms with Crippen molar-refractivity contribution in [3.05, 3.63) is 59.4 Å². The molecule has 0 spiro atoms. The zero-order chi connectivity index (χ0) is 13.7. The summed E-state index contributed by atoms with van der Waals surface area (Å²) in [7, 11) is 0. The fourth-order valence-electron chi connectivity index (χ4n) is 2.21. The first-order valence-corrected chi connectivity index (χ1v) is 7.00. The third-order valence-electron chi connectivity index (χ3n) is 3.57. The SMILES string of the molecule is CCc1ccc(C(CC)Nc2cnccc2C)cc1. The van der Waals surface area contributed by atoms with E-state index < -0.39 is 0 Å². The van der Waals surface area contributed by atoms with Gasteiger partial charge in [-0.15, -0.1) is 0 Å². The largest absolute Gasteiger partial charge is 0.377 e. The maximum atomic E-state index is 4.19. The van der Waals surface area contributed by atoms with Gasteiger partial charge in [0.25, 0.3) is 0 Å². The molecule has 0 saturated carbocycles. The van der Waals surface area contributed by atoms with Crippen molar-refractivity contribution >= 4 is 5.69 Å². The van der Waals surface area contributed by atoms with Crippen LogP contribution in [0.3, 0.4) is 0 Å². The average molecular weight is 254 g/mol. The molecule has 1 atom stereocenters. The van der Waals surface area contributed by atoms with E-state index in [4.69, 9.17) is 0 Å². The zero-order valence-corrected chi connectivity index (χ0v) is 12.0. The lowest BCUT2D eigenvalue weighted by atomic mass is 10.0. The van der Waals surface area contributed by atoms with Crippen LogP contribution in [-0.2, 0) is 6.42 Å². The smallest absolute Gasteiger partial charge is 0.0561 e. The second kappa shape index (κ2) is 6.37. The van der Waals surface area contributed by atoms with Crippen molar-refractivity contribution in [2.45, 2.75) is 39.7 Å². The van der Waals surface area contributed by atoms with E-state index in [0.717, 1.165) is 18.5 Å². The Labute approximate surface area is 115 Å². The Bertz CT molecular complexity index is 517. The van der Waals surface area contributed by atoms with Gasteiger partial charge in [-0.1, -0.05) is 38.1 Å². The number of anilines is 1. The summed E-state index contributed by atoms with van der Waals surface area (Å²) in [6.45, 7) is 6.50. The molecule has 19 heavy (non-hydrogen) atoms. The highest BCUT2D eigenvalue weighted by atomic mass is 14.9. The lowest BCUT2D eigenvalue weighted by Gasteiger charge is -2.20. The summed E-state index contributed by atoms with van der Waals surface area (Å²) in [5.41, 5.74) is 5.08. The van der Waals surface area contributed by atoms with Gasteiger partial charge in [0.15, 0.2) is 0 Å². The van der Waals surface area contributed by atoms with Crippen molar-refractivity contribution in [3.63, 3.8) is 0 Å². The zero-order valence-electron chi connectivity index (χ0n) is 12.0. The van der Waals surface area contributed by atoms with Crippen LogP contribution in [0.1, 0.15) is 43.0 Å². The van der Waals surface area contributed by atoms with E-state index in [2.05, 4.69) is 55.3 Å². The molecular formula is C17H22N2. The van der Waals surface area contributed by atoms with E-state index >= 15 is 0 Å². The summed E-state index contributed by atoms with van der Waals surface area (Å²) in [4.78, 5) is 4.19. The van der Waals surface area contributed by atoms with Crippen molar-refractivity contribution < 1.29 is 0 Å². The predicted octanol–water partition coefficient (Wildman–Crippen LogP) is 4.52. The van der Waals surface area contributed by atoms with Gasteiger partial charge in [-0.2, -0.15) is 0 Å². The lowest BCUT2D eigenvalue weighted by molar-refractivity contribution is 0.747. The van der Waals surface area contributed by atoms with Crippen LogP contribution in [0.4, 0.5) is 5.69 Å². The van der Waals surface area contributed by atoms with Gasteiger partial charge in [-0.05, 0) is 42.5 Å². The minimum atomic E-state index is 0.341. The minimum absolute atomic E-state index is 0.341. The molecule has 2 nitrogen and oxygen atoms in total. The molecule has 1 aromatic carbocycles. The van der Waals surface area contributed by atoms with Crippen LogP contribution < -0.4 is 5.32 Å². The highest BCUT2D eigenvalue weighted by molar-refractivity contribution is 5.50. The number of pyridine rings is 1. The van der Waals surface area contributed by atoms with Crippen LogP contribution in [0.25, 0.3) is 0 Å². The van der Waals surface area contributed by atoms with Gasteiger partial charge in [0.2, 0.25) is 0 Å². The molecule has 1 heterocycles. The van der Waals surface area contributed by atoms with Gasteiger partial charge in [0, 0.05) is 6.20 Å². The Hall–Kier alpha value is -1.83. The number of benzene rings is 1. The van der Waals surface area contributed by atoms with E-state index in [0.29, 0.717) is 6.04 Å². The molecule has 1 unspecified atom stereocenters. The molecule has 2 rings (SSSR count). The molecule has 2 aromatic rings. The molecule has 0 aliphatic heterocycles. The van der Waals surface area contributed by atoms with Crippen molar-refractivity contribution in [3.8, 4) is 0 Å². The van der Waals surface area contributed by atoms with Crippen molar-refractivity contribution in [2.75, 3.05) is 5.32 Å². The molecule has 100 valence electrons. The Morgan fingerprint density at radius 3 is 2.42 bits per heavy atom. The fraction of sp³-hybridized carbons (Fsp3) is 0.353. The molecule has 0 saturated heterocycles. The standard InChI is InChI=1S/C17H22N2/c1-4-14-6-8-15(9-7-14)16(5-2)19-17-12-18-11-10-13(17)3/h6-12,16,19H,4-5H2,1-3H3. The molecule has 0 aliphatic rings. The highest BCUT2D eigenvalue weighted by Gasteiger charge is 2.10. The van der Waals surface area contributed by atoms with E-state index in [9.17, 15) is 0 Å². The molecule has 0 amide bonds. The summed E-state index contributed by atoms with van der Waals surface area (Å²) < 4.78 is 0. The Balaban J connectivity index is 2.17. The van der Waals surface area contributed by atoms with Crippen LogP contribution in [0.15, 0.2) is 42.7 Å². The second-order valence-electron chi connectivity index (χ2n) is 4.89. The summed E-state index contributed by atoms with van der Waals surface area (Å²) in [5, 5.41) is 3.59. The third kappa shape index (κ3) is 3.34. The quantitative estimate of drug-likeness (QED) is 0.848. The normalized spacial score (nSPS) is 12.2. The molecule has 0 aliphatic carbocycles. The summed E-state index contributed by atoms with van der Waals surface area (Å²) in [5.74, 6) is 0. The van der Waals surface area contributed by atoms with Crippen molar-refractivity contribution in [2.24, 2.45) is 0 Å². The molecular weight excluding hydrogens is 232 g/mol. The van der Waals surface area contributed by atoms with Crippen LogP contribution in [0.5, 0.6) is 0 Å². The highest BCUT2D eigenvalue weighted by Crippen LogP contribution is 2.24. The first kappa shape index (κ1) is 13.6. The van der Waals surface area contributed by atoms with Crippen LogP contribution in [-0.4, -0.2) is 4.98 Å². The monoisotopic (exact) mass is 254 g/mol. The molecule has 0 fully saturated rings. The van der Waals surface area contributed by atoms with Crippen LogP contribution >= 0.6 is 0 Å². The Kier molecular flexibility index (Phi) is 4.56. The molecule has 0 bridgehead atoms. The van der Waals surface area contributed by atoms with Crippen molar-refractivity contribution in [1.82, 2.24) is 4.98 Å². The van der Waals surface area contributed by atoms with Gasteiger partial charge in [-0.3, -0.25) is 4.98 Å². The molecule has 1 aromatic heterocycles. The number of rotatable bonds is 5. The third-order valence-corrected chi connectivity index (χ3v) is 3.57. The van der Waals surface area contributed by atoms with Crippen LogP contribution in [0, 0.1) is 6.92 Å². The number of hydrogen-bond acceptors (Lipinski definition) is 2. The maximum Gasteiger partial charge on any atom is 0.0561 e. The minimum Gasteiger partial charge on any atom is -0.377 e. The van der Waals surface area contributed by atoms with Gasteiger partial charge < -0.3 is 5.32 Å². The van der Waals surface area contributed by atoms with E-state index in [1.807, 2.05) is 18.5 Å². The fourth-order valence-corrected chi connectivity index (χ4v) is 2.21. The number of aryl methyl sites for hydroxylation is 2. The Morgan fingerprint density at radius 2 is 1.84 bits per heavy atom. The number of aromatic nitrogens is 1. The van der Waals surface area contributed by atoms with Gasteiger partial charge in [0.1, 0.15) is 0 Å². The first-order valence-electron chi connectivity index (χ1n) is 7.00. The predicted molar refractivity (Wildman–Crippen MR) is 81.4 cm³/mol. The number of nitrogens with zero attached hydrogens (tertiary/aromatic N) is 1. The summed E-state index contributed by atoms with van der Waals surface area (Å²) >= 11 is 0. The molecule has 2 heteroatoms. The maximum absolute atomic E-state index is 4.19. The number of nitrogens with one attached hydrogen (secondary N) is 1. The Morgan fingerprint density at radius 1 is 1.11 bits per heavy atom. The van der Waals surface area contributed by atoms with Crippen LogP contribution in [0.2, 0.25) is 0 Å². The van der Waals surface area contributed by atoms with E-state index in [-0.39, 0.29) is 0 Å². The summed E-state index contributed by atoms with van der Waals surface area (Å²) in [6.07, 6.45) is 5.88. The van der Waals surface area contributed by atoms with E-state index in [1.165, 1.54) is 16.7 Å². The van der Waals surface area contributed by atoms with Gasteiger partial charge >= 0.3 is 0 Å². The second-order valence-corrected chi connectivity index (χ2v) is 4.89. The molecule has 0 radical (unpaired) electrons. The first-order chi connectivity index (χ1) is 9.24. The average Bonchev–Trinajstić information content (AvgIpc) is 2.47. The molecule has 1 N–H and O–H groups in total. The van der Waals surface area contributed by atoms with Gasteiger partial charge in [-0.25, -0.2) is 0 Å². The number of hydrogen-bond donors (Lipinski definition) is 1. The van der Waals surface area contributed by atoms with Gasteiger partial charge in [0.05, 0.1) is 17.9 Å². The van der Waals surface area contributed by atoms with E-state index in [1.54, 1.807) is 0 Å². The lowest BCUT2D eigenvalue weighted by Crippen LogP contribution is -2.10. The van der Waals surface area contributed by atoms with Crippen molar-refractivity contribution in [1.29, 1.82) is 0 Å². The topological polar surface area (TPSA) is 24.9 Å². The summed E-state index contributed by atoms with van der Waals surface area (Å²) in [6, 6.07) is 11.3.